The largest absolute Gasteiger partial charge is 0.328 e. The molecule has 1 heterocycles. The van der Waals surface area contributed by atoms with Crippen molar-refractivity contribution in [2.45, 2.75) is 13.3 Å². The van der Waals surface area contributed by atoms with Crippen molar-refractivity contribution < 1.29 is 18.8 Å². The van der Waals surface area contributed by atoms with Gasteiger partial charge in [-0.1, -0.05) is 0 Å². The third-order valence-corrected chi connectivity index (χ3v) is 2.70. The molecule has 1 aromatic rings. The number of carbonyl (C=O) groups is 3. The zero-order valence-electron chi connectivity index (χ0n) is 9.70. The monoisotopic (exact) mass is 250 g/mol. The first-order valence-electron chi connectivity index (χ1n) is 5.41. The van der Waals surface area contributed by atoms with Crippen molar-refractivity contribution in [3.63, 3.8) is 0 Å². The molecule has 94 valence electrons. The fourth-order valence-electron chi connectivity index (χ4n) is 1.73. The van der Waals surface area contributed by atoms with Crippen molar-refractivity contribution in [3.8, 4) is 0 Å². The van der Waals surface area contributed by atoms with Crippen molar-refractivity contribution in [1.82, 2.24) is 5.32 Å². The van der Waals surface area contributed by atoms with Gasteiger partial charge in [0.2, 0.25) is 5.91 Å². The maximum absolute atomic E-state index is 13.7. The smallest absolute Gasteiger partial charge is 0.295 e. The van der Waals surface area contributed by atoms with Gasteiger partial charge in [-0.15, -0.1) is 0 Å². The number of Topliss-reactive ketones (excluding diaryl/α,β-unsaturated/α-hetero) is 1. The van der Waals surface area contributed by atoms with Gasteiger partial charge in [0.1, 0.15) is 5.82 Å². The van der Waals surface area contributed by atoms with Crippen molar-refractivity contribution >= 4 is 23.4 Å². The number of halogens is 1. The van der Waals surface area contributed by atoms with Crippen LogP contribution in [0.3, 0.4) is 0 Å². The summed E-state index contributed by atoms with van der Waals surface area (Å²) in [5.41, 5.74) is 0.323. The highest BCUT2D eigenvalue weighted by atomic mass is 19.1. The molecule has 2 rings (SSSR count). The number of rotatable bonds is 2. The van der Waals surface area contributed by atoms with E-state index in [1.54, 1.807) is 0 Å². The standard InChI is InChI=1S/C12H11FN2O3/c1-7(16)8-2-3-9(13)10(6-8)15-5-4-11(17)14-12(15)18/h2-3,6H,4-5H2,1H3,(H,14,17,18). The number of benzene rings is 1. The molecule has 1 fully saturated rings. The minimum Gasteiger partial charge on any atom is -0.295 e. The van der Waals surface area contributed by atoms with Crippen LogP contribution in [0, 0.1) is 5.82 Å². The fourth-order valence-corrected chi connectivity index (χ4v) is 1.73. The van der Waals surface area contributed by atoms with Gasteiger partial charge in [-0.25, -0.2) is 9.18 Å². The first-order chi connectivity index (χ1) is 8.49. The Morgan fingerprint density at radius 2 is 2.11 bits per heavy atom. The SMILES string of the molecule is CC(=O)c1ccc(F)c(N2CCC(=O)NC2=O)c1. The number of amides is 3. The van der Waals surface area contributed by atoms with Gasteiger partial charge >= 0.3 is 6.03 Å². The van der Waals surface area contributed by atoms with Crippen LogP contribution in [0.25, 0.3) is 0 Å². The Balaban J connectivity index is 2.38. The molecule has 18 heavy (non-hydrogen) atoms. The van der Waals surface area contributed by atoms with Gasteiger partial charge in [-0.3, -0.25) is 19.8 Å². The van der Waals surface area contributed by atoms with Crippen LogP contribution in [-0.4, -0.2) is 24.3 Å². The quantitative estimate of drug-likeness (QED) is 0.808. The number of ketones is 1. The second kappa shape index (κ2) is 4.56. The van der Waals surface area contributed by atoms with E-state index in [0.717, 1.165) is 11.0 Å². The maximum Gasteiger partial charge on any atom is 0.328 e. The summed E-state index contributed by atoms with van der Waals surface area (Å²) in [4.78, 5) is 34.9. The van der Waals surface area contributed by atoms with E-state index in [4.69, 9.17) is 0 Å². The Labute approximate surface area is 103 Å². The topological polar surface area (TPSA) is 66.5 Å². The molecule has 0 atom stereocenters. The summed E-state index contributed by atoms with van der Waals surface area (Å²) in [6.45, 7) is 1.46. The van der Waals surface area contributed by atoms with Gasteiger partial charge in [0.15, 0.2) is 5.78 Å². The molecule has 1 saturated heterocycles. The number of anilines is 1. The lowest BCUT2D eigenvalue weighted by molar-refractivity contribution is -0.120. The molecule has 1 aliphatic rings. The first-order valence-corrected chi connectivity index (χ1v) is 5.41. The molecule has 0 saturated carbocycles. The second-order valence-corrected chi connectivity index (χ2v) is 3.98. The summed E-state index contributed by atoms with van der Waals surface area (Å²) in [6.07, 6.45) is 0.107. The Bertz CT molecular complexity index is 542. The minimum absolute atomic E-state index is 0.00713. The van der Waals surface area contributed by atoms with E-state index >= 15 is 0 Å². The summed E-state index contributed by atoms with van der Waals surface area (Å²) in [5, 5.41) is 2.10. The number of carbonyl (C=O) groups excluding carboxylic acids is 3. The molecular formula is C12H11FN2O3. The highest BCUT2D eigenvalue weighted by molar-refractivity contribution is 6.06. The Morgan fingerprint density at radius 3 is 2.72 bits per heavy atom. The lowest BCUT2D eigenvalue weighted by Crippen LogP contribution is -2.49. The summed E-state index contributed by atoms with van der Waals surface area (Å²) in [5.74, 6) is -1.21. The highest BCUT2D eigenvalue weighted by Crippen LogP contribution is 2.23. The van der Waals surface area contributed by atoms with Crippen LogP contribution in [-0.2, 0) is 4.79 Å². The second-order valence-electron chi connectivity index (χ2n) is 3.98. The third kappa shape index (κ3) is 2.22. The molecule has 0 aliphatic carbocycles. The van der Waals surface area contributed by atoms with Gasteiger partial charge in [-0.2, -0.15) is 0 Å². The van der Waals surface area contributed by atoms with Crippen LogP contribution < -0.4 is 10.2 Å². The van der Waals surface area contributed by atoms with Crippen LogP contribution in [0.2, 0.25) is 0 Å². The molecule has 3 amide bonds. The van der Waals surface area contributed by atoms with Crippen molar-refractivity contribution in [1.29, 1.82) is 0 Å². The van der Waals surface area contributed by atoms with Crippen molar-refractivity contribution in [2.75, 3.05) is 11.4 Å². The van der Waals surface area contributed by atoms with E-state index in [-0.39, 0.29) is 30.3 Å². The first kappa shape index (κ1) is 12.2. The lowest BCUT2D eigenvalue weighted by atomic mass is 10.1. The molecule has 0 aromatic heterocycles. The van der Waals surface area contributed by atoms with Gasteiger partial charge in [0.05, 0.1) is 5.69 Å². The van der Waals surface area contributed by atoms with Gasteiger partial charge in [0.25, 0.3) is 0 Å². The Morgan fingerprint density at radius 1 is 1.39 bits per heavy atom. The molecule has 6 heteroatoms. The van der Waals surface area contributed by atoms with Crippen LogP contribution in [0.5, 0.6) is 0 Å². The molecule has 1 aromatic carbocycles. The number of urea groups is 1. The van der Waals surface area contributed by atoms with Crippen LogP contribution in [0.15, 0.2) is 18.2 Å². The average Bonchev–Trinajstić information content (AvgIpc) is 2.30. The zero-order chi connectivity index (χ0) is 13.3. The summed E-state index contributed by atoms with van der Waals surface area (Å²) >= 11 is 0. The molecule has 0 unspecified atom stereocenters. The minimum atomic E-state index is -0.675. The van der Waals surface area contributed by atoms with E-state index in [0.29, 0.717) is 5.56 Å². The molecule has 1 N–H and O–H groups in total. The van der Waals surface area contributed by atoms with E-state index in [1.165, 1.54) is 19.1 Å². The van der Waals surface area contributed by atoms with Crippen LogP contribution >= 0.6 is 0 Å². The highest BCUT2D eigenvalue weighted by Gasteiger charge is 2.26. The van der Waals surface area contributed by atoms with Crippen LogP contribution in [0.1, 0.15) is 23.7 Å². The number of imide groups is 1. The average molecular weight is 250 g/mol. The molecule has 5 nitrogen and oxygen atoms in total. The molecule has 0 spiro atoms. The lowest BCUT2D eigenvalue weighted by Gasteiger charge is -2.27. The van der Waals surface area contributed by atoms with Gasteiger partial charge in [-0.05, 0) is 25.1 Å². The van der Waals surface area contributed by atoms with E-state index in [1.807, 2.05) is 0 Å². The number of hydrogen-bond acceptors (Lipinski definition) is 3. The van der Waals surface area contributed by atoms with Crippen LogP contribution in [0.4, 0.5) is 14.9 Å². The Kier molecular flexibility index (Phi) is 3.10. The van der Waals surface area contributed by atoms with Gasteiger partial charge in [0, 0.05) is 18.5 Å². The maximum atomic E-state index is 13.7. The van der Waals surface area contributed by atoms with Crippen molar-refractivity contribution in [3.05, 3.63) is 29.6 Å². The Hall–Kier alpha value is -2.24. The summed E-state index contributed by atoms with van der Waals surface area (Å²) in [7, 11) is 0. The predicted octanol–water partition coefficient (Wildman–Crippen LogP) is 1.47. The van der Waals surface area contributed by atoms with Gasteiger partial charge < -0.3 is 0 Å². The van der Waals surface area contributed by atoms with E-state index in [2.05, 4.69) is 5.32 Å². The molecule has 0 bridgehead atoms. The summed E-state index contributed by atoms with van der Waals surface area (Å²) < 4.78 is 13.7. The molecule has 1 aliphatic heterocycles. The fraction of sp³-hybridized carbons (Fsp3) is 0.250. The normalized spacial score (nSPS) is 15.6. The van der Waals surface area contributed by atoms with E-state index in [9.17, 15) is 18.8 Å². The molecular weight excluding hydrogens is 239 g/mol. The zero-order valence-corrected chi connectivity index (χ0v) is 9.70. The van der Waals surface area contributed by atoms with Crippen molar-refractivity contribution in [2.24, 2.45) is 0 Å². The molecule has 0 radical (unpaired) electrons. The predicted molar refractivity (Wildman–Crippen MR) is 61.9 cm³/mol. The number of nitrogens with zero attached hydrogens (tertiary/aromatic N) is 1. The summed E-state index contributed by atoms with van der Waals surface area (Å²) in [6, 6.07) is 3.13. The number of hydrogen-bond donors (Lipinski definition) is 1. The number of nitrogens with one attached hydrogen (secondary N) is 1. The van der Waals surface area contributed by atoms with E-state index < -0.39 is 11.8 Å². The third-order valence-electron chi connectivity index (χ3n) is 2.70.